The molecule has 1 N–H and O–H groups in total. The molecule has 10 heteroatoms. The van der Waals surface area contributed by atoms with E-state index >= 15 is 0 Å². The molecule has 202 valence electrons. The van der Waals surface area contributed by atoms with E-state index in [1.807, 2.05) is 11.2 Å². The van der Waals surface area contributed by atoms with Crippen molar-refractivity contribution < 1.29 is 9.53 Å². The Morgan fingerprint density at radius 1 is 0.919 bits per heavy atom. The van der Waals surface area contributed by atoms with Crippen molar-refractivity contribution in [2.24, 2.45) is 0 Å². The summed E-state index contributed by atoms with van der Waals surface area (Å²) in [5.74, 6) is 1.94. The Morgan fingerprint density at radius 2 is 1.73 bits per heavy atom. The maximum Gasteiger partial charge on any atom is 0.229 e. The van der Waals surface area contributed by atoms with Crippen LogP contribution < -0.4 is 10.2 Å². The highest BCUT2D eigenvalue weighted by Crippen LogP contribution is 2.33. The number of nitrogens with zero attached hydrogens (tertiary/aromatic N) is 7. The van der Waals surface area contributed by atoms with Gasteiger partial charge in [0.15, 0.2) is 17.0 Å². The molecule has 0 radical (unpaired) electrons. The number of morpholine rings is 1. The molecule has 2 aromatic heterocycles. The summed E-state index contributed by atoms with van der Waals surface area (Å²) in [6.07, 6.45) is 13.1. The van der Waals surface area contributed by atoms with E-state index in [1.165, 1.54) is 32.1 Å². The number of ether oxygens (including phenoxy) is 1. The number of likely N-dealkylation sites (tertiary alicyclic amines) is 1. The highest BCUT2D eigenvalue weighted by Gasteiger charge is 2.28. The second-order valence-corrected chi connectivity index (χ2v) is 11.1. The van der Waals surface area contributed by atoms with Gasteiger partial charge in [-0.25, -0.2) is 4.98 Å². The lowest BCUT2D eigenvalue weighted by atomic mass is 9.95. The summed E-state index contributed by atoms with van der Waals surface area (Å²) in [6, 6.07) is 1.10. The van der Waals surface area contributed by atoms with Crippen molar-refractivity contribution in [1.82, 2.24) is 29.3 Å². The minimum atomic E-state index is 0.290. The summed E-state index contributed by atoms with van der Waals surface area (Å²) in [7, 11) is 0. The van der Waals surface area contributed by atoms with Gasteiger partial charge in [0, 0.05) is 64.3 Å². The molecule has 3 saturated heterocycles. The first-order chi connectivity index (χ1) is 18.3. The van der Waals surface area contributed by atoms with Crippen LogP contribution in [-0.2, 0) is 9.53 Å². The minimum Gasteiger partial charge on any atom is -0.379 e. The fraction of sp³-hybridized carbons (Fsp3) is 0.778. The number of nitrogens with one attached hydrogen (secondary N) is 1. The maximum absolute atomic E-state index is 12.0. The van der Waals surface area contributed by atoms with Crippen LogP contribution in [0, 0.1) is 0 Å². The lowest BCUT2D eigenvalue weighted by molar-refractivity contribution is -0.127. The monoisotopic (exact) mass is 510 g/mol. The summed E-state index contributed by atoms with van der Waals surface area (Å²) in [5, 5.41) is 3.57. The molecule has 3 aliphatic heterocycles. The maximum atomic E-state index is 12.0. The zero-order valence-electron chi connectivity index (χ0n) is 22.1. The molecule has 0 atom stereocenters. The van der Waals surface area contributed by atoms with Crippen LogP contribution in [0.3, 0.4) is 0 Å². The number of amides is 1. The van der Waals surface area contributed by atoms with Crippen LogP contribution in [-0.4, -0.2) is 100 Å². The van der Waals surface area contributed by atoms with E-state index < -0.39 is 0 Å². The molecule has 6 rings (SSSR count). The number of hydrogen-bond donors (Lipinski definition) is 1. The molecule has 4 aliphatic rings. The van der Waals surface area contributed by atoms with Crippen LogP contribution in [0.5, 0.6) is 0 Å². The molecule has 0 aromatic carbocycles. The van der Waals surface area contributed by atoms with Gasteiger partial charge in [0.25, 0.3) is 0 Å². The van der Waals surface area contributed by atoms with Crippen LogP contribution in [0.4, 0.5) is 11.8 Å². The highest BCUT2D eigenvalue weighted by molar-refractivity contribution is 5.84. The zero-order chi connectivity index (χ0) is 25.0. The van der Waals surface area contributed by atoms with E-state index in [1.54, 1.807) is 0 Å². The molecule has 10 nitrogen and oxygen atoms in total. The van der Waals surface area contributed by atoms with Gasteiger partial charge in [0.05, 0.1) is 19.5 Å². The molecular weight excluding hydrogens is 468 g/mol. The number of imidazole rings is 1. The number of hydrogen-bond acceptors (Lipinski definition) is 8. The summed E-state index contributed by atoms with van der Waals surface area (Å²) in [6.45, 7) is 8.22. The molecule has 1 saturated carbocycles. The Balaban J connectivity index is 1.18. The minimum absolute atomic E-state index is 0.290. The number of piperidine rings is 1. The van der Waals surface area contributed by atoms with E-state index in [2.05, 4.69) is 19.7 Å². The third kappa shape index (κ3) is 5.55. The third-order valence-electron chi connectivity index (χ3n) is 8.76. The van der Waals surface area contributed by atoms with Crippen LogP contribution in [0.25, 0.3) is 11.2 Å². The van der Waals surface area contributed by atoms with Crippen molar-refractivity contribution >= 4 is 28.8 Å². The van der Waals surface area contributed by atoms with E-state index in [0.29, 0.717) is 24.4 Å². The molecule has 2 aromatic rings. The Bertz CT molecular complexity index is 1050. The molecule has 5 heterocycles. The first-order valence-corrected chi connectivity index (χ1v) is 14.6. The standard InChI is InChI=1S/C27H42N8O2/c36-23-8-4-12-33(23)13-5-11-28-25-24-26(35(20-29-24)22-6-2-1-3-7-22)31-27(30-25)34-14-9-21(10-15-34)32-16-18-37-19-17-32/h20-22H,1-19H2,(H,28,30,31). The van der Waals surface area contributed by atoms with E-state index in [-0.39, 0.29) is 0 Å². The lowest BCUT2D eigenvalue weighted by Crippen LogP contribution is -2.49. The van der Waals surface area contributed by atoms with Crippen LogP contribution in [0.1, 0.15) is 70.3 Å². The quantitative estimate of drug-likeness (QED) is 0.542. The average Bonchev–Trinajstić information content (AvgIpc) is 3.58. The van der Waals surface area contributed by atoms with Gasteiger partial charge in [0.1, 0.15) is 0 Å². The van der Waals surface area contributed by atoms with Crippen molar-refractivity contribution in [3.63, 3.8) is 0 Å². The van der Waals surface area contributed by atoms with Crippen molar-refractivity contribution in [1.29, 1.82) is 0 Å². The van der Waals surface area contributed by atoms with Gasteiger partial charge in [-0.05, 0) is 38.5 Å². The van der Waals surface area contributed by atoms with Crippen molar-refractivity contribution in [2.75, 3.05) is 69.2 Å². The Kier molecular flexibility index (Phi) is 7.73. The van der Waals surface area contributed by atoms with Crippen molar-refractivity contribution in [2.45, 2.75) is 76.3 Å². The second-order valence-electron chi connectivity index (χ2n) is 11.1. The van der Waals surface area contributed by atoms with Crippen LogP contribution in [0.15, 0.2) is 6.33 Å². The Labute approximate surface area is 219 Å². The second kappa shape index (κ2) is 11.5. The number of carbonyl (C=O) groups excluding carboxylic acids is 1. The summed E-state index contributed by atoms with van der Waals surface area (Å²) in [5.41, 5.74) is 1.83. The predicted octanol–water partition coefficient (Wildman–Crippen LogP) is 3.06. The summed E-state index contributed by atoms with van der Waals surface area (Å²) >= 11 is 0. The largest absolute Gasteiger partial charge is 0.379 e. The molecule has 4 fully saturated rings. The first-order valence-electron chi connectivity index (χ1n) is 14.6. The normalized spacial score (nSPS) is 22.9. The van der Waals surface area contributed by atoms with Crippen molar-refractivity contribution in [3.8, 4) is 0 Å². The molecule has 0 unspecified atom stereocenters. The van der Waals surface area contributed by atoms with Gasteiger partial charge < -0.3 is 24.4 Å². The lowest BCUT2D eigenvalue weighted by Gasteiger charge is -2.40. The first kappa shape index (κ1) is 24.9. The smallest absolute Gasteiger partial charge is 0.229 e. The fourth-order valence-electron chi connectivity index (χ4n) is 6.59. The molecule has 37 heavy (non-hydrogen) atoms. The van der Waals surface area contributed by atoms with E-state index in [4.69, 9.17) is 19.7 Å². The number of carbonyl (C=O) groups is 1. The molecule has 0 bridgehead atoms. The third-order valence-corrected chi connectivity index (χ3v) is 8.76. The number of rotatable bonds is 8. The van der Waals surface area contributed by atoms with Gasteiger partial charge in [-0.15, -0.1) is 0 Å². The zero-order valence-corrected chi connectivity index (χ0v) is 22.1. The van der Waals surface area contributed by atoms with Gasteiger partial charge >= 0.3 is 0 Å². The summed E-state index contributed by atoms with van der Waals surface area (Å²) in [4.78, 5) is 33.9. The average molecular weight is 511 g/mol. The van der Waals surface area contributed by atoms with Gasteiger partial charge in [0.2, 0.25) is 11.9 Å². The van der Waals surface area contributed by atoms with E-state index in [9.17, 15) is 4.79 Å². The predicted molar refractivity (Wildman–Crippen MR) is 144 cm³/mol. The highest BCUT2D eigenvalue weighted by atomic mass is 16.5. The number of anilines is 2. The Hall–Kier alpha value is -2.46. The number of aromatic nitrogens is 4. The van der Waals surface area contributed by atoms with Gasteiger partial charge in [-0.1, -0.05) is 19.3 Å². The molecular formula is C27H42N8O2. The fourth-order valence-corrected chi connectivity index (χ4v) is 6.59. The Morgan fingerprint density at radius 3 is 2.49 bits per heavy atom. The number of fused-ring (bicyclic) bond motifs is 1. The SMILES string of the molecule is O=C1CCCN1CCCNc1nc(N2CCC(N3CCOCC3)CC2)nc2c1ncn2C1CCCCC1. The van der Waals surface area contributed by atoms with Crippen molar-refractivity contribution in [3.05, 3.63) is 6.33 Å². The summed E-state index contributed by atoms with van der Waals surface area (Å²) < 4.78 is 7.87. The van der Waals surface area contributed by atoms with Gasteiger partial charge in [-0.3, -0.25) is 9.69 Å². The van der Waals surface area contributed by atoms with Crippen LogP contribution >= 0.6 is 0 Å². The topological polar surface area (TPSA) is 91.7 Å². The van der Waals surface area contributed by atoms with E-state index in [0.717, 1.165) is 108 Å². The molecule has 1 amide bonds. The van der Waals surface area contributed by atoms with Crippen LogP contribution in [0.2, 0.25) is 0 Å². The van der Waals surface area contributed by atoms with Gasteiger partial charge in [-0.2, -0.15) is 9.97 Å². The molecule has 0 spiro atoms. The molecule has 1 aliphatic carbocycles.